The van der Waals surface area contributed by atoms with Crippen LogP contribution in [0, 0.1) is 23.7 Å². The van der Waals surface area contributed by atoms with Crippen LogP contribution in [0.15, 0.2) is 5.16 Å². The summed E-state index contributed by atoms with van der Waals surface area (Å²) in [6, 6.07) is 0.272. The van der Waals surface area contributed by atoms with E-state index in [1.54, 1.807) is 0 Å². The Hall–Kier alpha value is -1.28. The predicted molar refractivity (Wildman–Crippen MR) is 127 cm³/mol. The molecule has 2 aliphatic carbocycles. The van der Waals surface area contributed by atoms with Crippen LogP contribution in [0.2, 0.25) is 0 Å². The summed E-state index contributed by atoms with van der Waals surface area (Å²) in [5, 5.41) is 13.2. The van der Waals surface area contributed by atoms with E-state index in [4.69, 9.17) is 4.74 Å². The van der Waals surface area contributed by atoms with Crippen LogP contribution < -0.4 is 10.2 Å². The zero-order valence-electron chi connectivity index (χ0n) is 19.7. The van der Waals surface area contributed by atoms with E-state index in [2.05, 4.69) is 38.8 Å². The highest BCUT2D eigenvalue weighted by molar-refractivity contribution is 7.99. The van der Waals surface area contributed by atoms with Gasteiger partial charge in [0, 0.05) is 25.7 Å². The first-order valence-corrected chi connectivity index (χ1v) is 13.8. The number of nitrogens with zero attached hydrogens (tertiary/aromatic N) is 4. The van der Waals surface area contributed by atoms with Gasteiger partial charge in [-0.1, -0.05) is 25.1 Å². The molecule has 4 fully saturated rings. The van der Waals surface area contributed by atoms with Gasteiger partial charge in [-0.2, -0.15) is 0 Å². The number of hydrogen-bond acceptors (Lipinski definition) is 6. The molecule has 8 heteroatoms. The normalized spacial score (nSPS) is 31.4. The Labute approximate surface area is 196 Å². The molecule has 0 radical (unpaired) electrons. The Bertz CT molecular complexity index is 787. The first kappa shape index (κ1) is 22.5. The molecule has 2 saturated carbocycles. The summed E-state index contributed by atoms with van der Waals surface area (Å²) in [5.41, 5.74) is 0. The van der Waals surface area contributed by atoms with Gasteiger partial charge in [0.2, 0.25) is 11.9 Å². The van der Waals surface area contributed by atoms with Gasteiger partial charge in [0.25, 0.3) is 0 Å². The lowest BCUT2D eigenvalue weighted by Gasteiger charge is -2.31. The summed E-state index contributed by atoms with van der Waals surface area (Å²) in [6.45, 7) is 8.19. The minimum atomic E-state index is 0.116. The number of nitrogens with one attached hydrogen (secondary N) is 1. The van der Waals surface area contributed by atoms with Gasteiger partial charge in [0.1, 0.15) is 0 Å². The molecular weight excluding hydrogens is 422 g/mol. The van der Waals surface area contributed by atoms with E-state index in [0.29, 0.717) is 11.7 Å². The van der Waals surface area contributed by atoms with Crippen molar-refractivity contribution in [2.24, 2.45) is 23.7 Å². The molecule has 5 atom stereocenters. The molecule has 7 nitrogen and oxygen atoms in total. The zero-order chi connectivity index (χ0) is 22.1. The van der Waals surface area contributed by atoms with Gasteiger partial charge in [0.15, 0.2) is 5.16 Å². The minimum absolute atomic E-state index is 0.116. The fourth-order valence-corrected chi connectivity index (χ4v) is 7.18. The summed E-state index contributed by atoms with van der Waals surface area (Å²) < 4.78 is 8.13. The monoisotopic (exact) mass is 461 g/mol. The van der Waals surface area contributed by atoms with Crippen molar-refractivity contribution < 1.29 is 9.53 Å². The fourth-order valence-electron chi connectivity index (χ4n) is 6.42. The molecule has 2 saturated heterocycles. The summed E-state index contributed by atoms with van der Waals surface area (Å²) in [7, 11) is 0. The van der Waals surface area contributed by atoms with Crippen LogP contribution in [0.3, 0.4) is 0 Å². The summed E-state index contributed by atoms with van der Waals surface area (Å²) >= 11 is 1.52. The smallest absolute Gasteiger partial charge is 0.230 e. The van der Waals surface area contributed by atoms with Gasteiger partial charge in [-0.05, 0) is 75.5 Å². The molecule has 5 rings (SSSR count). The Morgan fingerprint density at radius 2 is 2.03 bits per heavy atom. The molecule has 0 spiro atoms. The molecule has 1 N–H and O–H groups in total. The second kappa shape index (κ2) is 9.92. The number of anilines is 1. The zero-order valence-corrected chi connectivity index (χ0v) is 20.5. The van der Waals surface area contributed by atoms with E-state index in [0.717, 1.165) is 67.9 Å². The second-order valence-electron chi connectivity index (χ2n) is 10.7. The van der Waals surface area contributed by atoms with Crippen molar-refractivity contribution in [1.29, 1.82) is 0 Å². The van der Waals surface area contributed by atoms with Crippen molar-refractivity contribution in [2.45, 2.75) is 89.1 Å². The number of fused-ring (bicyclic) bond motifs is 2. The third-order valence-electron chi connectivity index (χ3n) is 8.33. The lowest BCUT2D eigenvalue weighted by Crippen LogP contribution is -2.41. The van der Waals surface area contributed by atoms with Gasteiger partial charge in [0.05, 0.1) is 18.4 Å². The molecule has 3 heterocycles. The van der Waals surface area contributed by atoms with Crippen LogP contribution in [-0.2, 0) is 16.1 Å². The summed E-state index contributed by atoms with van der Waals surface area (Å²) in [6.07, 6.45) is 10.2. The van der Waals surface area contributed by atoms with E-state index in [9.17, 15) is 4.79 Å². The molecule has 1 aromatic rings. The molecule has 2 bridgehead atoms. The molecule has 1 amide bonds. The van der Waals surface area contributed by atoms with Crippen molar-refractivity contribution in [3.63, 3.8) is 0 Å². The number of thioether (sulfide) groups is 1. The second-order valence-corrected chi connectivity index (χ2v) is 11.6. The van der Waals surface area contributed by atoms with Gasteiger partial charge in [-0.3, -0.25) is 9.36 Å². The highest BCUT2D eigenvalue weighted by Gasteiger charge is 2.42. The molecule has 1 aromatic heterocycles. The lowest BCUT2D eigenvalue weighted by molar-refractivity contribution is -0.119. The van der Waals surface area contributed by atoms with Crippen LogP contribution in [0.25, 0.3) is 0 Å². The highest BCUT2D eigenvalue weighted by atomic mass is 32.2. The fraction of sp³-hybridized carbons (Fsp3) is 0.875. The summed E-state index contributed by atoms with van der Waals surface area (Å²) in [4.78, 5) is 15.1. The van der Waals surface area contributed by atoms with E-state index in [1.807, 2.05) is 0 Å². The number of aromatic nitrogens is 3. The van der Waals surface area contributed by atoms with Gasteiger partial charge in [-0.25, -0.2) is 0 Å². The van der Waals surface area contributed by atoms with E-state index >= 15 is 0 Å². The molecule has 2 aliphatic heterocycles. The molecule has 32 heavy (non-hydrogen) atoms. The Balaban J connectivity index is 1.20. The van der Waals surface area contributed by atoms with Crippen LogP contribution >= 0.6 is 11.8 Å². The lowest BCUT2D eigenvalue weighted by atomic mass is 9.84. The van der Waals surface area contributed by atoms with Crippen LogP contribution in [0.1, 0.15) is 65.2 Å². The third-order valence-corrected chi connectivity index (χ3v) is 9.30. The number of piperidine rings is 1. The number of carbonyl (C=O) groups excluding carboxylic acids is 1. The Morgan fingerprint density at radius 1 is 1.19 bits per heavy atom. The van der Waals surface area contributed by atoms with Crippen molar-refractivity contribution in [3.8, 4) is 0 Å². The van der Waals surface area contributed by atoms with Gasteiger partial charge in [-0.15, -0.1) is 10.2 Å². The van der Waals surface area contributed by atoms with Crippen LogP contribution in [-0.4, -0.2) is 58.3 Å². The molecule has 5 unspecified atom stereocenters. The maximum Gasteiger partial charge on any atom is 0.230 e. The number of hydrogen-bond donors (Lipinski definition) is 1. The van der Waals surface area contributed by atoms with E-state index < -0.39 is 0 Å². The maximum atomic E-state index is 12.8. The third kappa shape index (κ3) is 4.96. The Morgan fingerprint density at radius 3 is 2.72 bits per heavy atom. The van der Waals surface area contributed by atoms with Crippen molar-refractivity contribution in [3.05, 3.63) is 0 Å². The average Bonchev–Trinajstić information content (AvgIpc) is 3.59. The SMILES string of the molecule is CC1CCN(c2nnc(SCC(=O)NC(C)C3CC4CCC3C4)n2CC2CCCO2)CC1. The van der Waals surface area contributed by atoms with Crippen molar-refractivity contribution >= 4 is 23.6 Å². The van der Waals surface area contributed by atoms with Crippen LogP contribution in [0.5, 0.6) is 0 Å². The number of amides is 1. The Kier molecular flexibility index (Phi) is 6.98. The predicted octanol–water partition coefficient (Wildman–Crippen LogP) is 3.73. The number of ether oxygens (including phenoxy) is 1. The molecule has 178 valence electrons. The molecular formula is C24H39N5O2S. The summed E-state index contributed by atoms with van der Waals surface area (Å²) in [5.74, 6) is 4.63. The van der Waals surface area contributed by atoms with E-state index in [1.165, 1.54) is 50.3 Å². The topological polar surface area (TPSA) is 72.3 Å². The molecule has 0 aromatic carbocycles. The highest BCUT2D eigenvalue weighted by Crippen LogP contribution is 2.49. The minimum Gasteiger partial charge on any atom is -0.376 e. The van der Waals surface area contributed by atoms with Gasteiger partial charge < -0.3 is 15.0 Å². The first-order valence-electron chi connectivity index (χ1n) is 12.8. The number of carbonyl (C=O) groups is 1. The van der Waals surface area contributed by atoms with Crippen molar-refractivity contribution in [2.75, 3.05) is 30.3 Å². The first-order chi connectivity index (χ1) is 15.6. The molecule has 4 aliphatic rings. The van der Waals surface area contributed by atoms with Crippen molar-refractivity contribution in [1.82, 2.24) is 20.1 Å². The standard InChI is InChI=1S/C24H39N5O2S/c1-16-7-9-28(10-8-16)23-26-27-24(29(23)14-20-4-3-11-31-20)32-15-22(30)25-17(2)21-13-18-5-6-19(21)12-18/h16-21H,3-15H2,1-2H3,(H,25,30). The maximum absolute atomic E-state index is 12.8. The van der Waals surface area contributed by atoms with Crippen LogP contribution in [0.4, 0.5) is 5.95 Å². The number of rotatable bonds is 8. The quantitative estimate of drug-likeness (QED) is 0.595. The largest absolute Gasteiger partial charge is 0.376 e. The average molecular weight is 462 g/mol. The van der Waals surface area contributed by atoms with Gasteiger partial charge >= 0.3 is 0 Å². The van der Waals surface area contributed by atoms with E-state index in [-0.39, 0.29) is 18.1 Å².